The molecular weight excluding hydrogens is 560 g/mol. The molecule has 0 aromatic heterocycles. The molecule has 15 heteroatoms. The predicted octanol–water partition coefficient (Wildman–Crippen LogP) is 3.51. The number of alkyl halides is 2. The Hall–Kier alpha value is -2.28. The number of rotatable bonds is 10. The van der Waals surface area contributed by atoms with E-state index in [0.717, 1.165) is 11.9 Å². The van der Waals surface area contributed by atoms with E-state index < -0.39 is 73.9 Å². The van der Waals surface area contributed by atoms with E-state index in [0.29, 0.717) is 0 Å². The maximum Gasteiger partial charge on any atom is 0.359 e. The second kappa shape index (κ2) is 12.5. The Labute approximate surface area is 232 Å². The molecule has 0 radical (unpaired) electrons. The van der Waals surface area contributed by atoms with Gasteiger partial charge in [0, 0.05) is 12.0 Å². The predicted molar refractivity (Wildman–Crippen MR) is 141 cm³/mol. The number of aliphatic hydroxyl groups excluding tert-OH is 1. The number of carbonyl (C=O) groups is 2. The van der Waals surface area contributed by atoms with Crippen molar-refractivity contribution in [3.8, 4) is 0 Å². The second-order valence-electron chi connectivity index (χ2n) is 10.9. The van der Waals surface area contributed by atoms with Gasteiger partial charge in [0.05, 0.1) is 16.7 Å². The van der Waals surface area contributed by atoms with Crippen molar-refractivity contribution in [2.24, 2.45) is 21.6 Å². The number of carbonyl (C=O) groups excluding carboxylic acids is 2. The van der Waals surface area contributed by atoms with Crippen LogP contribution in [-0.2, 0) is 37.4 Å². The molecule has 2 heterocycles. The topological polar surface area (TPSA) is 159 Å². The number of esters is 2. The van der Waals surface area contributed by atoms with Gasteiger partial charge in [-0.2, -0.15) is 0 Å². The highest BCUT2D eigenvalue weighted by Crippen LogP contribution is 2.51. The third-order valence-electron chi connectivity index (χ3n) is 5.47. The third-order valence-corrected chi connectivity index (χ3v) is 7.33. The number of amidine groups is 1. The van der Waals surface area contributed by atoms with Crippen molar-refractivity contribution in [3.05, 3.63) is 36.6 Å². The number of aliphatic imine (C=N–C) groups is 1. The molecule has 0 aromatic carbocycles. The van der Waals surface area contributed by atoms with E-state index in [1.165, 1.54) is 17.2 Å². The number of nitrogens with two attached hydrogens (primary N) is 1. The monoisotopic (exact) mass is 595 g/mol. The standard InChI is InChI=1S/C24H36ClFN3O9P/c1-15-28-16(27)8-10-29(15)19-17(26)18(30)24(12-25,38-19)9-11-39(33,36-13-34-20(31)22(2,3)4)37-14-35-21(32)23(5,6)7/h8-11,17-19,30H,1,12-14H2,2-7H3,(H2,27,28)/b11-9-/t17-,18+,19-,24+/m1/s1. The lowest BCUT2D eigenvalue weighted by atomic mass is 9.98. The van der Waals surface area contributed by atoms with Crippen LogP contribution in [0.3, 0.4) is 0 Å². The molecule has 3 N–H and O–H groups in total. The van der Waals surface area contributed by atoms with Gasteiger partial charge in [0.25, 0.3) is 0 Å². The Morgan fingerprint density at radius 3 is 2.18 bits per heavy atom. The van der Waals surface area contributed by atoms with Crippen molar-refractivity contribution >= 4 is 37.0 Å². The van der Waals surface area contributed by atoms with Crippen LogP contribution < -0.4 is 5.73 Å². The summed E-state index contributed by atoms with van der Waals surface area (Å²) in [6.07, 6.45) is -1.44. The van der Waals surface area contributed by atoms with Crippen LogP contribution in [0.25, 0.3) is 0 Å². The summed E-state index contributed by atoms with van der Waals surface area (Å²) in [5.74, 6) is -0.711. The molecule has 2 aliphatic heterocycles. The lowest BCUT2D eigenvalue weighted by Crippen LogP contribution is -2.42. The van der Waals surface area contributed by atoms with Crippen molar-refractivity contribution in [3.63, 3.8) is 0 Å². The van der Waals surface area contributed by atoms with Crippen LogP contribution in [0.2, 0.25) is 0 Å². The lowest BCUT2D eigenvalue weighted by molar-refractivity contribution is -0.161. The molecule has 1 saturated heterocycles. The summed E-state index contributed by atoms with van der Waals surface area (Å²) >= 11 is 6.09. The number of ether oxygens (including phenoxy) is 3. The summed E-state index contributed by atoms with van der Waals surface area (Å²) in [4.78, 5) is 29.3. The average molecular weight is 596 g/mol. The summed E-state index contributed by atoms with van der Waals surface area (Å²) in [7, 11) is -4.35. The Bertz CT molecular complexity index is 1050. The van der Waals surface area contributed by atoms with E-state index in [1.807, 2.05) is 0 Å². The third kappa shape index (κ3) is 8.36. The Kier molecular flexibility index (Phi) is 10.5. The van der Waals surface area contributed by atoms with Crippen LogP contribution in [-0.4, -0.2) is 71.4 Å². The molecule has 0 spiro atoms. The zero-order chi connectivity index (χ0) is 29.8. The summed E-state index contributed by atoms with van der Waals surface area (Å²) < 4.78 is 54.9. The summed E-state index contributed by atoms with van der Waals surface area (Å²) in [5, 5.41) is 10.7. The van der Waals surface area contributed by atoms with E-state index in [9.17, 15) is 19.3 Å². The number of aliphatic hydroxyl groups is 1. The largest absolute Gasteiger partial charge is 0.438 e. The van der Waals surface area contributed by atoms with Crippen molar-refractivity contribution < 1.29 is 46.9 Å². The normalized spacial score (nSPS) is 26.2. The second-order valence-corrected chi connectivity index (χ2v) is 13.0. The number of hydrogen-bond acceptors (Lipinski definition) is 12. The highest BCUT2D eigenvalue weighted by molar-refractivity contribution is 7.57. The van der Waals surface area contributed by atoms with Gasteiger partial charge in [-0.15, -0.1) is 11.6 Å². The van der Waals surface area contributed by atoms with E-state index in [2.05, 4.69) is 11.6 Å². The Morgan fingerprint density at radius 2 is 1.74 bits per heavy atom. The van der Waals surface area contributed by atoms with E-state index >= 15 is 4.39 Å². The van der Waals surface area contributed by atoms with Crippen LogP contribution in [0.1, 0.15) is 41.5 Å². The molecule has 2 aliphatic rings. The number of nitrogens with zero attached hydrogens (tertiary/aromatic N) is 2. The molecule has 0 amide bonds. The van der Waals surface area contributed by atoms with Crippen molar-refractivity contribution in [1.82, 2.24) is 4.90 Å². The minimum absolute atomic E-state index is 0.0582. The molecule has 0 unspecified atom stereocenters. The van der Waals surface area contributed by atoms with E-state index in [-0.39, 0.29) is 11.7 Å². The molecular formula is C24H36ClFN3O9P. The van der Waals surface area contributed by atoms with Gasteiger partial charge in [-0.05, 0) is 53.7 Å². The first-order valence-corrected chi connectivity index (χ1v) is 14.0. The van der Waals surface area contributed by atoms with Gasteiger partial charge < -0.3 is 30.0 Å². The smallest absolute Gasteiger partial charge is 0.359 e. The zero-order valence-electron chi connectivity index (χ0n) is 22.8. The van der Waals surface area contributed by atoms with Gasteiger partial charge in [0.1, 0.15) is 23.4 Å². The van der Waals surface area contributed by atoms with E-state index in [1.54, 1.807) is 41.5 Å². The average Bonchev–Trinajstić information content (AvgIpc) is 3.07. The molecule has 1 fully saturated rings. The summed E-state index contributed by atoms with van der Waals surface area (Å²) in [6, 6.07) is 0. The quantitative estimate of drug-likeness (QED) is 0.165. The van der Waals surface area contributed by atoms with Crippen LogP contribution in [0.4, 0.5) is 4.39 Å². The molecule has 0 aliphatic carbocycles. The van der Waals surface area contributed by atoms with Gasteiger partial charge in [0.2, 0.25) is 13.6 Å². The Balaban J connectivity index is 2.27. The maximum absolute atomic E-state index is 15.2. The molecule has 0 aromatic rings. The van der Waals surface area contributed by atoms with Crippen LogP contribution in [0.15, 0.2) is 41.6 Å². The first kappa shape index (κ1) is 32.9. The molecule has 39 heavy (non-hydrogen) atoms. The molecule has 12 nitrogen and oxygen atoms in total. The highest BCUT2D eigenvalue weighted by Gasteiger charge is 2.56. The van der Waals surface area contributed by atoms with Crippen LogP contribution >= 0.6 is 19.2 Å². The first-order chi connectivity index (χ1) is 17.8. The number of hydrogen-bond donors (Lipinski definition) is 2. The molecule has 2 rings (SSSR count). The maximum atomic E-state index is 15.2. The van der Waals surface area contributed by atoms with Crippen LogP contribution in [0, 0.1) is 10.8 Å². The van der Waals surface area contributed by atoms with Crippen LogP contribution in [0.5, 0.6) is 0 Å². The number of halogens is 2. The van der Waals surface area contributed by atoms with Gasteiger partial charge in [-0.25, -0.2) is 9.38 Å². The minimum atomic E-state index is -4.35. The highest BCUT2D eigenvalue weighted by atomic mass is 35.5. The zero-order valence-corrected chi connectivity index (χ0v) is 24.4. The van der Waals surface area contributed by atoms with Crippen molar-refractivity contribution in [2.45, 2.75) is 65.6 Å². The lowest BCUT2D eigenvalue weighted by Gasteiger charge is -2.31. The van der Waals surface area contributed by atoms with Gasteiger partial charge in [-0.1, -0.05) is 6.58 Å². The van der Waals surface area contributed by atoms with Gasteiger partial charge in [-0.3, -0.25) is 23.2 Å². The Morgan fingerprint density at radius 1 is 1.23 bits per heavy atom. The summed E-state index contributed by atoms with van der Waals surface area (Å²) in [6.45, 7) is 11.8. The van der Waals surface area contributed by atoms with Crippen molar-refractivity contribution in [2.75, 3.05) is 19.5 Å². The molecule has 4 atom stereocenters. The summed E-state index contributed by atoms with van der Waals surface area (Å²) in [5.41, 5.74) is 1.98. The minimum Gasteiger partial charge on any atom is -0.438 e. The van der Waals surface area contributed by atoms with E-state index in [4.69, 9.17) is 40.6 Å². The fourth-order valence-electron chi connectivity index (χ4n) is 3.09. The molecule has 220 valence electrons. The first-order valence-electron chi connectivity index (χ1n) is 11.8. The SMILES string of the molecule is C=C1N=C(N)C=CN1[C@@H]1O[C@@](/C=C\P(=O)(OCOC(=O)C(C)(C)C)OCOC(=O)C(C)(C)C)(CCl)[C@@H](O)[C@H]1F. The fraction of sp³-hybridized carbons (Fsp3) is 0.625. The van der Waals surface area contributed by atoms with Crippen molar-refractivity contribution in [1.29, 1.82) is 0 Å². The van der Waals surface area contributed by atoms with Gasteiger partial charge >= 0.3 is 19.5 Å². The molecule has 0 saturated carbocycles. The van der Waals surface area contributed by atoms with Gasteiger partial charge in [0.15, 0.2) is 12.4 Å². The fourth-order valence-corrected chi connectivity index (χ4v) is 4.48. The molecule has 0 bridgehead atoms.